The number of nitrogens with zero attached hydrogens (tertiary/aromatic N) is 5. The number of rotatable bonds is 12. The minimum absolute atomic E-state index is 0.0126. The van der Waals surface area contributed by atoms with Crippen molar-refractivity contribution in [2.24, 2.45) is 12.2 Å². The number of thiazole rings is 1. The van der Waals surface area contributed by atoms with E-state index in [4.69, 9.17) is 10.6 Å². The summed E-state index contributed by atoms with van der Waals surface area (Å²) >= 11 is 3.67. The summed E-state index contributed by atoms with van der Waals surface area (Å²) in [6.07, 6.45) is 1.89. The van der Waals surface area contributed by atoms with Gasteiger partial charge in [0.25, 0.3) is 11.8 Å². The predicted octanol–water partition coefficient (Wildman–Crippen LogP) is 1.92. The van der Waals surface area contributed by atoms with Crippen molar-refractivity contribution in [2.75, 3.05) is 43.4 Å². The van der Waals surface area contributed by atoms with Crippen LogP contribution in [0.3, 0.4) is 0 Å². The highest BCUT2D eigenvalue weighted by molar-refractivity contribution is 8.01. The number of hydrogen-bond acceptors (Lipinski definition) is 13. The maximum Gasteiger partial charge on any atom is 0.352 e. The number of aliphatic carboxylic acids is 2. The Morgan fingerprint density at radius 1 is 1.31 bits per heavy atom. The highest BCUT2D eigenvalue weighted by Crippen LogP contribution is 2.42. The van der Waals surface area contributed by atoms with Crippen LogP contribution in [0.1, 0.15) is 38.1 Å². The zero-order chi connectivity index (χ0) is 37.5. The summed E-state index contributed by atoms with van der Waals surface area (Å²) in [4.78, 5) is 64.3. The van der Waals surface area contributed by atoms with Crippen LogP contribution in [0.4, 0.5) is 9.52 Å². The molecule has 19 heteroatoms. The number of pyridine rings is 1. The Labute approximate surface area is 310 Å². The summed E-state index contributed by atoms with van der Waals surface area (Å²) in [5.74, 6) is -3.96. The van der Waals surface area contributed by atoms with E-state index in [0.717, 1.165) is 46.3 Å². The molecule has 15 nitrogen and oxygen atoms in total. The van der Waals surface area contributed by atoms with E-state index < -0.39 is 46.5 Å². The van der Waals surface area contributed by atoms with Gasteiger partial charge in [-0.25, -0.2) is 23.5 Å². The van der Waals surface area contributed by atoms with Gasteiger partial charge in [0.2, 0.25) is 11.1 Å². The SMILES string of the molecule is CCN1CCNCC1c1cc2c(cc1F)c(SCC1=C(C(=O)O)N3C(=O)C(NC(=O)/C(=N\OC(C)(C)C(=O)O)c4csc(N)n4)[C@H]3SC1)cc[n+]2C. The van der Waals surface area contributed by atoms with Crippen molar-refractivity contribution in [3.05, 3.63) is 58.1 Å². The van der Waals surface area contributed by atoms with Crippen LogP contribution in [0, 0.1) is 5.82 Å². The molecule has 0 bridgehead atoms. The number of oxime groups is 1. The molecule has 5 heterocycles. The number of carboxylic acids is 2. The molecule has 2 aromatic heterocycles. The molecule has 3 aromatic rings. The number of amides is 2. The van der Waals surface area contributed by atoms with Crippen LogP contribution in [0.25, 0.3) is 10.9 Å². The minimum atomic E-state index is -1.78. The highest BCUT2D eigenvalue weighted by Gasteiger charge is 2.54. The number of aromatic nitrogens is 2. The quantitative estimate of drug-likeness (QED) is 0.0588. The Balaban J connectivity index is 1.21. The number of piperazine rings is 1. The Hall–Kier alpha value is -4.30. The van der Waals surface area contributed by atoms with Crippen molar-refractivity contribution < 1.29 is 43.2 Å². The number of anilines is 1. The Bertz CT molecular complexity index is 2020. The van der Waals surface area contributed by atoms with Gasteiger partial charge in [-0.1, -0.05) is 12.1 Å². The zero-order valence-corrected chi connectivity index (χ0v) is 31.2. The molecule has 2 fully saturated rings. The molecule has 6 N–H and O–H groups in total. The first kappa shape index (κ1) is 37.5. The highest BCUT2D eigenvalue weighted by atomic mass is 32.2. The van der Waals surface area contributed by atoms with Crippen LogP contribution in [0.2, 0.25) is 0 Å². The standard InChI is InChI=1S/C33H37FN8O7S3/c1-5-41-9-7-36-12-22(41)17-11-21-18(10-19(17)34)23(6-8-40(21)4)50-13-16-14-51-29-25(28(44)42(29)26(16)30(45)46)38-27(43)24(20-15-52-32(35)37-20)39-49-33(2,3)31(47)48/h6,8,10-11,15,22,25,29,36H,5,7,9,12-14H2,1-4H3,(H4-,35,37,38,43,45,46,47,48)/p+1/b39-24-/t22?,25?,29-/m1/s1. The van der Waals surface area contributed by atoms with Gasteiger partial charge in [0.05, 0.1) is 11.4 Å². The molecule has 0 radical (unpaired) electrons. The lowest BCUT2D eigenvalue weighted by atomic mass is 10.0. The van der Waals surface area contributed by atoms with Crippen LogP contribution in [0.15, 0.2) is 51.1 Å². The average molecular weight is 774 g/mol. The van der Waals surface area contributed by atoms with Crippen molar-refractivity contribution in [1.29, 1.82) is 0 Å². The number of nitrogen functional groups attached to an aromatic ring is 1. The predicted molar refractivity (Wildman–Crippen MR) is 194 cm³/mol. The number of carbonyl (C=O) groups is 4. The smallest absolute Gasteiger partial charge is 0.352 e. The molecule has 0 spiro atoms. The number of benzene rings is 1. The first-order valence-corrected chi connectivity index (χ1v) is 19.2. The van der Waals surface area contributed by atoms with Gasteiger partial charge in [0.1, 0.15) is 35.7 Å². The monoisotopic (exact) mass is 773 g/mol. The first-order valence-electron chi connectivity index (χ1n) is 16.3. The van der Waals surface area contributed by atoms with Crippen molar-refractivity contribution in [2.45, 2.75) is 48.7 Å². The molecular formula is C33H38FN8O7S3+. The summed E-state index contributed by atoms with van der Waals surface area (Å²) in [6.45, 7) is 7.68. The van der Waals surface area contributed by atoms with Gasteiger partial charge in [-0.2, -0.15) is 0 Å². The van der Waals surface area contributed by atoms with Crippen LogP contribution < -0.4 is 20.9 Å². The number of nitrogens with two attached hydrogens (primary N) is 1. The third kappa shape index (κ3) is 7.19. The van der Waals surface area contributed by atoms with Crippen molar-refractivity contribution in [3.63, 3.8) is 0 Å². The number of hydrogen-bond donors (Lipinski definition) is 5. The molecule has 6 rings (SSSR count). The van der Waals surface area contributed by atoms with E-state index in [2.05, 4.69) is 32.6 Å². The van der Waals surface area contributed by atoms with Crippen LogP contribution >= 0.6 is 34.9 Å². The minimum Gasteiger partial charge on any atom is -0.478 e. The fourth-order valence-corrected chi connectivity index (χ4v) is 9.27. The number of carbonyl (C=O) groups excluding carboxylic acids is 2. The Morgan fingerprint density at radius 3 is 2.75 bits per heavy atom. The molecule has 2 amide bonds. The number of nitrogens with one attached hydrogen (secondary N) is 2. The van der Waals surface area contributed by atoms with Gasteiger partial charge >= 0.3 is 11.9 Å². The zero-order valence-electron chi connectivity index (χ0n) is 28.7. The van der Waals surface area contributed by atoms with E-state index in [0.29, 0.717) is 23.1 Å². The molecule has 276 valence electrons. The molecule has 3 aliphatic heterocycles. The second-order valence-corrected chi connectivity index (χ2v) is 15.9. The normalized spacial score (nSPS) is 21.2. The van der Waals surface area contributed by atoms with Crippen LogP contribution in [0.5, 0.6) is 0 Å². The van der Waals surface area contributed by atoms with E-state index >= 15 is 4.39 Å². The Morgan fingerprint density at radius 2 is 2.08 bits per heavy atom. The van der Waals surface area contributed by atoms with Gasteiger partial charge in [-0.05, 0) is 32.0 Å². The number of aryl methyl sites for hydroxylation is 1. The van der Waals surface area contributed by atoms with Gasteiger partial charge in [-0.3, -0.25) is 19.4 Å². The van der Waals surface area contributed by atoms with E-state index in [1.165, 1.54) is 42.8 Å². The van der Waals surface area contributed by atoms with E-state index in [9.17, 15) is 29.4 Å². The fraction of sp³-hybridized carbons (Fsp3) is 0.424. The number of carboxylic acid groups (broad SMARTS) is 2. The number of thioether (sulfide) groups is 2. The molecule has 0 saturated carbocycles. The maximum absolute atomic E-state index is 15.8. The van der Waals surface area contributed by atoms with E-state index in [-0.39, 0.29) is 39.9 Å². The number of fused-ring (bicyclic) bond motifs is 2. The molecule has 2 saturated heterocycles. The second kappa shape index (κ2) is 15.0. The Kier molecular flexibility index (Phi) is 10.8. The summed E-state index contributed by atoms with van der Waals surface area (Å²) in [6, 6.07) is 4.10. The number of β-lactam (4-membered cyclic amide) rings is 1. The lowest BCUT2D eigenvalue weighted by molar-refractivity contribution is -0.645. The topological polar surface area (TPSA) is 204 Å². The van der Waals surface area contributed by atoms with Crippen molar-refractivity contribution >= 4 is 80.4 Å². The largest absolute Gasteiger partial charge is 0.478 e. The van der Waals surface area contributed by atoms with Crippen LogP contribution in [-0.2, 0) is 31.1 Å². The lowest BCUT2D eigenvalue weighted by Gasteiger charge is -2.49. The third-order valence-corrected chi connectivity index (χ3v) is 12.3. The molecule has 3 atom stereocenters. The average Bonchev–Trinajstić information content (AvgIpc) is 3.54. The van der Waals surface area contributed by atoms with E-state index in [1.807, 2.05) is 29.9 Å². The molecular weight excluding hydrogens is 736 g/mol. The summed E-state index contributed by atoms with van der Waals surface area (Å²) in [5.41, 5.74) is 5.37. The first-order chi connectivity index (χ1) is 24.7. The van der Waals surface area contributed by atoms with Gasteiger partial charge in [-0.15, -0.1) is 34.9 Å². The molecule has 2 unspecified atom stereocenters. The van der Waals surface area contributed by atoms with Crippen molar-refractivity contribution in [3.8, 4) is 0 Å². The summed E-state index contributed by atoms with van der Waals surface area (Å²) < 4.78 is 17.7. The van der Waals surface area contributed by atoms with Gasteiger partial charge in [0, 0.05) is 59.1 Å². The molecule has 52 heavy (non-hydrogen) atoms. The fourth-order valence-electron chi connectivity index (χ4n) is 6.20. The van der Waals surface area contributed by atoms with Crippen molar-refractivity contribution in [1.82, 2.24) is 25.4 Å². The van der Waals surface area contributed by atoms with Gasteiger partial charge in [0.15, 0.2) is 17.0 Å². The van der Waals surface area contributed by atoms with Crippen LogP contribution in [-0.4, -0.2) is 109 Å². The molecule has 3 aliphatic rings. The third-order valence-electron chi connectivity index (χ3n) is 9.13. The summed E-state index contributed by atoms with van der Waals surface area (Å²) in [5, 5.41) is 30.9. The van der Waals surface area contributed by atoms with Gasteiger partial charge < -0.3 is 31.4 Å². The maximum atomic E-state index is 15.8. The molecule has 1 aromatic carbocycles. The van der Waals surface area contributed by atoms with E-state index in [1.54, 1.807) is 6.07 Å². The number of halogens is 1. The second-order valence-electron chi connectivity index (χ2n) is 12.9. The number of likely N-dealkylation sites (N-methyl/N-ethyl adjacent to an activating group) is 1. The lowest BCUT2D eigenvalue weighted by Crippen LogP contribution is -2.71. The summed E-state index contributed by atoms with van der Waals surface area (Å²) in [7, 11) is 1.90. The molecule has 0 aliphatic carbocycles.